The highest BCUT2D eigenvalue weighted by atomic mass is 32.1. The Labute approximate surface area is 143 Å². The van der Waals surface area contributed by atoms with Crippen molar-refractivity contribution < 1.29 is 9.90 Å². The molecule has 0 fully saturated rings. The van der Waals surface area contributed by atoms with Gasteiger partial charge in [-0.15, -0.1) is 11.3 Å². The van der Waals surface area contributed by atoms with Crippen LogP contribution in [0.25, 0.3) is 10.6 Å². The van der Waals surface area contributed by atoms with E-state index in [1.165, 1.54) is 0 Å². The molecule has 0 unspecified atom stereocenters. The second-order valence-electron chi connectivity index (χ2n) is 5.37. The van der Waals surface area contributed by atoms with Gasteiger partial charge in [-0.25, -0.2) is 4.68 Å². The molecule has 3 heterocycles. The van der Waals surface area contributed by atoms with Crippen molar-refractivity contribution in [2.75, 3.05) is 11.9 Å². The highest BCUT2D eigenvalue weighted by molar-refractivity contribution is 7.13. The number of carbonyl (C=O) groups is 1. The number of amides is 1. The van der Waals surface area contributed by atoms with Crippen LogP contribution in [0.2, 0.25) is 0 Å². The number of aliphatic hydroxyl groups excluding tert-OH is 1. The van der Waals surface area contributed by atoms with E-state index in [1.807, 2.05) is 42.6 Å². The molecule has 2 N–H and O–H groups in total. The largest absolute Gasteiger partial charge is 0.394 e. The quantitative estimate of drug-likeness (QED) is 0.721. The van der Waals surface area contributed by atoms with Crippen molar-refractivity contribution in [1.29, 1.82) is 0 Å². The summed E-state index contributed by atoms with van der Waals surface area (Å²) in [6.07, 6.45) is 1.95. The molecule has 3 rings (SSSR count). The minimum absolute atomic E-state index is 0.0453. The molecule has 0 bridgehead atoms. The van der Waals surface area contributed by atoms with Crippen LogP contribution in [0, 0.1) is 6.92 Å². The molecule has 0 aromatic carbocycles. The zero-order valence-corrected chi connectivity index (χ0v) is 14.1. The maximum atomic E-state index is 12.3. The van der Waals surface area contributed by atoms with Crippen LogP contribution in [0.4, 0.5) is 5.82 Å². The van der Waals surface area contributed by atoms with Crippen LogP contribution in [0.3, 0.4) is 0 Å². The minimum Gasteiger partial charge on any atom is -0.394 e. The summed E-state index contributed by atoms with van der Waals surface area (Å²) in [6, 6.07) is 9.53. The van der Waals surface area contributed by atoms with Crippen molar-refractivity contribution in [1.82, 2.24) is 14.8 Å². The van der Waals surface area contributed by atoms with Crippen molar-refractivity contribution in [3.63, 3.8) is 0 Å². The Balaban J connectivity index is 1.75. The summed E-state index contributed by atoms with van der Waals surface area (Å²) < 4.78 is 1.61. The van der Waals surface area contributed by atoms with Gasteiger partial charge in [0.1, 0.15) is 11.5 Å². The van der Waals surface area contributed by atoms with E-state index in [9.17, 15) is 9.90 Å². The van der Waals surface area contributed by atoms with Crippen LogP contribution in [-0.2, 0) is 17.8 Å². The third-order valence-electron chi connectivity index (χ3n) is 3.47. The number of rotatable bonds is 6. The Morgan fingerprint density at radius 1 is 1.38 bits per heavy atom. The molecule has 0 aliphatic heterocycles. The van der Waals surface area contributed by atoms with E-state index in [0.29, 0.717) is 12.4 Å². The lowest BCUT2D eigenvalue weighted by Gasteiger charge is -2.07. The molecule has 6 nitrogen and oxygen atoms in total. The first kappa shape index (κ1) is 16.4. The van der Waals surface area contributed by atoms with Gasteiger partial charge >= 0.3 is 0 Å². The Kier molecular flexibility index (Phi) is 5.02. The molecule has 7 heteroatoms. The highest BCUT2D eigenvalue weighted by Crippen LogP contribution is 2.26. The molecule has 3 aromatic heterocycles. The number of pyridine rings is 1. The Hall–Kier alpha value is -2.51. The van der Waals surface area contributed by atoms with Crippen molar-refractivity contribution >= 4 is 23.1 Å². The smallest absolute Gasteiger partial charge is 0.229 e. The number of nitrogens with zero attached hydrogens (tertiary/aromatic N) is 3. The molecule has 0 saturated carbocycles. The third kappa shape index (κ3) is 3.87. The summed E-state index contributed by atoms with van der Waals surface area (Å²) in [5.41, 5.74) is 2.55. The summed E-state index contributed by atoms with van der Waals surface area (Å²) in [6.45, 7) is 2.19. The standard InChI is InChI=1S/C17H18N4O2S/c1-12-4-5-13(11-18-12)9-17(23)19-16-10-14(15-3-2-8-24-15)20-21(16)6-7-22/h2-5,8,10-11,22H,6-7,9H2,1H3,(H,19,23). The van der Waals surface area contributed by atoms with Crippen LogP contribution < -0.4 is 5.32 Å². The molecular weight excluding hydrogens is 324 g/mol. The van der Waals surface area contributed by atoms with Crippen molar-refractivity contribution in [3.05, 3.63) is 53.2 Å². The lowest BCUT2D eigenvalue weighted by molar-refractivity contribution is -0.115. The zero-order chi connectivity index (χ0) is 16.9. The van der Waals surface area contributed by atoms with Crippen LogP contribution in [-0.4, -0.2) is 32.4 Å². The van der Waals surface area contributed by atoms with Gasteiger partial charge in [-0.1, -0.05) is 12.1 Å². The number of anilines is 1. The number of thiophene rings is 1. The van der Waals surface area contributed by atoms with Gasteiger partial charge < -0.3 is 10.4 Å². The highest BCUT2D eigenvalue weighted by Gasteiger charge is 2.13. The van der Waals surface area contributed by atoms with E-state index in [-0.39, 0.29) is 18.9 Å². The van der Waals surface area contributed by atoms with E-state index < -0.39 is 0 Å². The second kappa shape index (κ2) is 7.37. The Bertz CT molecular complexity index is 810. The van der Waals surface area contributed by atoms with Gasteiger partial charge in [-0.3, -0.25) is 9.78 Å². The number of aromatic nitrogens is 3. The summed E-state index contributed by atoms with van der Waals surface area (Å²) in [5.74, 6) is 0.440. The van der Waals surface area contributed by atoms with Gasteiger partial charge in [-0.2, -0.15) is 5.10 Å². The van der Waals surface area contributed by atoms with E-state index in [4.69, 9.17) is 0 Å². The SMILES string of the molecule is Cc1ccc(CC(=O)Nc2cc(-c3cccs3)nn2CCO)cn1. The molecule has 0 aliphatic carbocycles. The van der Waals surface area contributed by atoms with Crippen molar-refractivity contribution in [2.45, 2.75) is 19.9 Å². The minimum atomic E-state index is -0.141. The van der Waals surface area contributed by atoms with Gasteiger partial charge in [-0.05, 0) is 30.0 Å². The van der Waals surface area contributed by atoms with E-state index in [1.54, 1.807) is 22.2 Å². The monoisotopic (exact) mass is 342 g/mol. The maximum absolute atomic E-state index is 12.3. The van der Waals surface area contributed by atoms with E-state index in [0.717, 1.165) is 21.8 Å². The topological polar surface area (TPSA) is 80.0 Å². The molecule has 0 radical (unpaired) electrons. The first-order valence-electron chi connectivity index (χ1n) is 7.59. The summed E-state index contributed by atoms with van der Waals surface area (Å²) in [4.78, 5) is 17.5. The fraction of sp³-hybridized carbons (Fsp3) is 0.235. The van der Waals surface area contributed by atoms with Crippen LogP contribution >= 0.6 is 11.3 Å². The van der Waals surface area contributed by atoms with Gasteiger partial charge in [0.05, 0.1) is 24.4 Å². The van der Waals surface area contributed by atoms with Crippen LogP contribution in [0.15, 0.2) is 41.9 Å². The fourth-order valence-corrected chi connectivity index (χ4v) is 2.98. The summed E-state index contributed by atoms with van der Waals surface area (Å²) >= 11 is 1.58. The molecule has 1 amide bonds. The average Bonchev–Trinajstić information content (AvgIpc) is 3.20. The number of aliphatic hydroxyl groups is 1. The maximum Gasteiger partial charge on any atom is 0.229 e. The van der Waals surface area contributed by atoms with Crippen LogP contribution in [0.1, 0.15) is 11.3 Å². The number of hydrogen-bond donors (Lipinski definition) is 2. The first-order valence-corrected chi connectivity index (χ1v) is 8.47. The number of carbonyl (C=O) groups excluding carboxylic acids is 1. The first-order chi connectivity index (χ1) is 11.7. The average molecular weight is 342 g/mol. The molecule has 0 spiro atoms. The zero-order valence-electron chi connectivity index (χ0n) is 13.3. The van der Waals surface area contributed by atoms with Gasteiger partial charge in [0.25, 0.3) is 0 Å². The van der Waals surface area contributed by atoms with Gasteiger partial charge in [0, 0.05) is 18.0 Å². The van der Waals surface area contributed by atoms with E-state index in [2.05, 4.69) is 15.4 Å². The van der Waals surface area contributed by atoms with Crippen molar-refractivity contribution in [2.24, 2.45) is 0 Å². The lowest BCUT2D eigenvalue weighted by Crippen LogP contribution is -2.18. The third-order valence-corrected chi connectivity index (χ3v) is 4.36. The summed E-state index contributed by atoms with van der Waals surface area (Å²) in [7, 11) is 0. The second-order valence-corrected chi connectivity index (χ2v) is 6.32. The van der Waals surface area contributed by atoms with Crippen LogP contribution in [0.5, 0.6) is 0 Å². The Morgan fingerprint density at radius 3 is 2.92 bits per heavy atom. The lowest BCUT2D eigenvalue weighted by atomic mass is 10.2. The van der Waals surface area contributed by atoms with Gasteiger partial charge in [0.2, 0.25) is 5.91 Å². The number of hydrogen-bond acceptors (Lipinski definition) is 5. The molecule has 24 heavy (non-hydrogen) atoms. The van der Waals surface area contributed by atoms with Gasteiger partial charge in [0.15, 0.2) is 0 Å². The number of nitrogens with one attached hydrogen (secondary N) is 1. The molecule has 0 aliphatic rings. The normalized spacial score (nSPS) is 10.8. The molecular formula is C17H18N4O2S. The fourth-order valence-electron chi connectivity index (χ4n) is 2.30. The number of aryl methyl sites for hydroxylation is 1. The Morgan fingerprint density at radius 2 is 2.25 bits per heavy atom. The predicted octanol–water partition coefficient (Wildman–Crippen LogP) is 2.49. The van der Waals surface area contributed by atoms with Crippen molar-refractivity contribution in [3.8, 4) is 10.6 Å². The molecule has 0 saturated heterocycles. The molecule has 3 aromatic rings. The predicted molar refractivity (Wildman–Crippen MR) is 93.9 cm³/mol. The molecule has 0 atom stereocenters. The summed E-state index contributed by atoms with van der Waals surface area (Å²) in [5, 5.41) is 18.5. The van der Waals surface area contributed by atoms with E-state index >= 15 is 0 Å². The molecule has 124 valence electrons.